The van der Waals surface area contributed by atoms with Crippen molar-refractivity contribution >= 4 is 17.9 Å². The fraction of sp³-hybridized carbons (Fsp3) is 0.625. The molecule has 1 saturated heterocycles. The van der Waals surface area contributed by atoms with Crippen LogP contribution in [0, 0.1) is 0 Å². The van der Waals surface area contributed by atoms with Crippen LogP contribution in [0.3, 0.4) is 0 Å². The summed E-state index contributed by atoms with van der Waals surface area (Å²) in [5, 5.41) is 10.6. The van der Waals surface area contributed by atoms with Gasteiger partial charge in [0.2, 0.25) is 0 Å². The van der Waals surface area contributed by atoms with Crippen LogP contribution in [0.15, 0.2) is 0 Å². The zero-order valence-corrected chi connectivity index (χ0v) is 8.03. The summed E-state index contributed by atoms with van der Waals surface area (Å²) in [5.41, 5.74) is -0.952. The fourth-order valence-corrected chi connectivity index (χ4v) is 1.28. The maximum atomic E-state index is 11.2. The predicted molar refractivity (Wildman–Crippen MR) is 46.6 cm³/mol. The molecule has 0 atom stereocenters. The van der Waals surface area contributed by atoms with Gasteiger partial charge in [-0.05, 0) is 13.8 Å². The second-order valence-electron chi connectivity index (χ2n) is 3.61. The molecule has 6 heteroatoms. The lowest BCUT2D eigenvalue weighted by molar-refractivity contribution is -0.137. The number of hydrogen-bond donors (Lipinski definition) is 2. The minimum absolute atomic E-state index is 0.0416. The highest BCUT2D eigenvalue weighted by Crippen LogP contribution is 2.20. The number of nitrogens with zero attached hydrogens (tertiary/aromatic N) is 1. The number of carbonyl (C=O) groups is 3. The number of amides is 3. The number of hydrogen-bond acceptors (Lipinski definition) is 3. The molecule has 0 aromatic carbocycles. The summed E-state index contributed by atoms with van der Waals surface area (Å²) in [7, 11) is 0. The van der Waals surface area contributed by atoms with E-state index in [9.17, 15) is 14.4 Å². The standard InChI is InChI=1S/C8H12N2O4/c1-8(2)6(13)9-7(14)10(8)4-3-5(11)12/h3-4H2,1-2H3,(H,11,12)(H,9,13,14). The number of urea groups is 1. The van der Waals surface area contributed by atoms with E-state index in [4.69, 9.17) is 5.11 Å². The second kappa shape index (κ2) is 3.28. The third-order valence-electron chi connectivity index (χ3n) is 2.25. The highest BCUT2D eigenvalue weighted by atomic mass is 16.4. The Bertz CT molecular complexity index is 298. The second-order valence-corrected chi connectivity index (χ2v) is 3.61. The van der Waals surface area contributed by atoms with E-state index in [1.165, 1.54) is 4.90 Å². The summed E-state index contributed by atoms with van der Waals surface area (Å²) in [5.74, 6) is -1.39. The van der Waals surface area contributed by atoms with Crippen LogP contribution in [0.25, 0.3) is 0 Å². The molecular formula is C8H12N2O4. The van der Waals surface area contributed by atoms with Gasteiger partial charge in [0, 0.05) is 6.54 Å². The van der Waals surface area contributed by atoms with Gasteiger partial charge < -0.3 is 10.0 Å². The van der Waals surface area contributed by atoms with Gasteiger partial charge in [0.05, 0.1) is 6.42 Å². The van der Waals surface area contributed by atoms with Gasteiger partial charge in [0.1, 0.15) is 5.54 Å². The van der Waals surface area contributed by atoms with Crippen LogP contribution in [0.5, 0.6) is 0 Å². The van der Waals surface area contributed by atoms with Crippen molar-refractivity contribution in [2.24, 2.45) is 0 Å². The van der Waals surface area contributed by atoms with Crippen LogP contribution in [0.2, 0.25) is 0 Å². The van der Waals surface area contributed by atoms with E-state index in [-0.39, 0.29) is 13.0 Å². The van der Waals surface area contributed by atoms with Crippen LogP contribution < -0.4 is 5.32 Å². The minimum atomic E-state index is -0.993. The van der Waals surface area contributed by atoms with Gasteiger partial charge in [-0.15, -0.1) is 0 Å². The Morgan fingerprint density at radius 2 is 2.07 bits per heavy atom. The Balaban J connectivity index is 2.72. The molecule has 78 valence electrons. The first-order chi connectivity index (χ1) is 6.35. The largest absolute Gasteiger partial charge is 0.481 e. The Morgan fingerprint density at radius 1 is 1.50 bits per heavy atom. The van der Waals surface area contributed by atoms with Crippen molar-refractivity contribution in [3.8, 4) is 0 Å². The number of carboxylic acid groups (broad SMARTS) is 1. The zero-order valence-electron chi connectivity index (χ0n) is 8.03. The summed E-state index contributed by atoms with van der Waals surface area (Å²) < 4.78 is 0. The van der Waals surface area contributed by atoms with E-state index < -0.39 is 23.4 Å². The third kappa shape index (κ3) is 1.68. The van der Waals surface area contributed by atoms with E-state index in [0.717, 1.165) is 0 Å². The number of rotatable bonds is 3. The minimum Gasteiger partial charge on any atom is -0.481 e. The van der Waals surface area contributed by atoms with Gasteiger partial charge in [-0.1, -0.05) is 0 Å². The van der Waals surface area contributed by atoms with E-state index in [2.05, 4.69) is 5.32 Å². The van der Waals surface area contributed by atoms with Crippen molar-refractivity contribution in [3.63, 3.8) is 0 Å². The summed E-state index contributed by atoms with van der Waals surface area (Å²) in [4.78, 5) is 34.0. The molecule has 6 nitrogen and oxygen atoms in total. The summed E-state index contributed by atoms with van der Waals surface area (Å²) in [6.45, 7) is 3.20. The van der Waals surface area contributed by atoms with Gasteiger partial charge >= 0.3 is 12.0 Å². The van der Waals surface area contributed by atoms with E-state index >= 15 is 0 Å². The molecule has 1 fully saturated rings. The Morgan fingerprint density at radius 3 is 2.43 bits per heavy atom. The SMILES string of the molecule is CC1(C)C(=O)NC(=O)N1CCC(=O)O. The topological polar surface area (TPSA) is 86.7 Å². The fourth-order valence-electron chi connectivity index (χ4n) is 1.28. The molecule has 0 radical (unpaired) electrons. The van der Waals surface area contributed by atoms with E-state index in [1.54, 1.807) is 13.8 Å². The highest BCUT2D eigenvalue weighted by Gasteiger charge is 2.45. The van der Waals surface area contributed by atoms with Gasteiger partial charge in [-0.2, -0.15) is 0 Å². The molecule has 3 amide bonds. The molecule has 14 heavy (non-hydrogen) atoms. The molecule has 1 rings (SSSR count). The molecule has 0 saturated carbocycles. The third-order valence-corrected chi connectivity index (χ3v) is 2.25. The van der Waals surface area contributed by atoms with Crippen molar-refractivity contribution in [2.45, 2.75) is 25.8 Å². The zero-order chi connectivity index (χ0) is 10.9. The van der Waals surface area contributed by atoms with Gasteiger partial charge in [0.25, 0.3) is 5.91 Å². The van der Waals surface area contributed by atoms with Crippen molar-refractivity contribution < 1.29 is 19.5 Å². The van der Waals surface area contributed by atoms with Gasteiger partial charge in [-0.3, -0.25) is 14.9 Å². The molecule has 0 unspecified atom stereocenters. The molecule has 0 bridgehead atoms. The molecular weight excluding hydrogens is 188 g/mol. The first-order valence-electron chi connectivity index (χ1n) is 4.20. The number of imide groups is 1. The van der Waals surface area contributed by atoms with E-state index in [0.29, 0.717) is 0 Å². The van der Waals surface area contributed by atoms with Crippen LogP contribution >= 0.6 is 0 Å². The lowest BCUT2D eigenvalue weighted by Crippen LogP contribution is -2.45. The Kier molecular flexibility index (Phi) is 2.46. The monoisotopic (exact) mass is 200 g/mol. The number of carboxylic acids is 1. The average molecular weight is 200 g/mol. The van der Waals surface area contributed by atoms with Crippen molar-refractivity contribution in [3.05, 3.63) is 0 Å². The van der Waals surface area contributed by atoms with Gasteiger partial charge in [-0.25, -0.2) is 4.79 Å². The highest BCUT2D eigenvalue weighted by molar-refractivity contribution is 6.06. The molecule has 0 aromatic heterocycles. The molecule has 1 aliphatic heterocycles. The predicted octanol–water partition coefficient (Wildman–Crippen LogP) is -0.208. The first-order valence-corrected chi connectivity index (χ1v) is 4.20. The summed E-state index contributed by atoms with van der Waals surface area (Å²) >= 11 is 0. The van der Waals surface area contributed by atoms with E-state index in [1.807, 2.05) is 0 Å². The quantitative estimate of drug-likeness (QED) is 0.617. The molecule has 0 aliphatic carbocycles. The van der Waals surface area contributed by atoms with Crippen LogP contribution in [-0.2, 0) is 9.59 Å². The van der Waals surface area contributed by atoms with Crippen molar-refractivity contribution in [1.29, 1.82) is 0 Å². The lowest BCUT2D eigenvalue weighted by atomic mass is 10.0. The van der Waals surface area contributed by atoms with Crippen LogP contribution in [0.4, 0.5) is 4.79 Å². The molecule has 0 aromatic rings. The average Bonchev–Trinajstić information content (AvgIpc) is 2.20. The molecule has 1 heterocycles. The van der Waals surface area contributed by atoms with Crippen LogP contribution in [-0.4, -0.2) is 40.0 Å². The number of carbonyl (C=O) groups excluding carboxylic acids is 2. The Labute approximate surface area is 80.9 Å². The van der Waals surface area contributed by atoms with Gasteiger partial charge in [0.15, 0.2) is 0 Å². The first kappa shape index (κ1) is 10.5. The van der Waals surface area contributed by atoms with Crippen molar-refractivity contribution in [2.75, 3.05) is 6.54 Å². The van der Waals surface area contributed by atoms with Crippen molar-refractivity contribution in [1.82, 2.24) is 10.2 Å². The molecule has 0 spiro atoms. The maximum Gasteiger partial charge on any atom is 0.325 e. The normalized spacial score (nSPS) is 19.7. The lowest BCUT2D eigenvalue weighted by Gasteiger charge is -2.27. The smallest absolute Gasteiger partial charge is 0.325 e. The maximum absolute atomic E-state index is 11.2. The summed E-state index contributed by atoms with van der Waals surface area (Å²) in [6.07, 6.45) is -0.163. The Hall–Kier alpha value is -1.59. The van der Waals surface area contributed by atoms with Crippen LogP contribution in [0.1, 0.15) is 20.3 Å². The number of nitrogens with one attached hydrogen (secondary N) is 1. The summed E-state index contributed by atoms with van der Waals surface area (Å²) in [6, 6.07) is -0.527. The molecule has 1 aliphatic rings. The molecule has 2 N–H and O–H groups in total. The number of aliphatic carboxylic acids is 1.